The van der Waals surface area contributed by atoms with Gasteiger partial charge in [0.05, 0.1) is 18.2 Å². The largest absolute Gasteiger partial charge is 0.494 e. The number of aromatic nitrogens is 2. The minimum Gasteiger partial charge on any atom is -0.494 e. The Morgan fingerprint density at radius 1 is 0.942 bits per heavy atom. The van der Waals surface area contributed by atoms with Crippen molar-refractivity contribution >= 4 is 40.5 Å². The number of halogens is 2. The van der Waals surface area contributed by atoms with E-state index >= 15 is 8.78 Å². The number of aryl methyl sites for hydroxylation is 1. The minimum absolute atomic E-state index is 0.0481. The van der Waals surface area contributed by atoms with Crippen LogP contribution in [-0.2, 0) is 22.2 Å². The van der Waals surface area contributed by atoms with Gasteiger partial charge in [0.15, 0.2) is 23.0 Å². The Morgan fingerprint density at radius 3 is 2.41 bits per heavy atom. The molecule has 4 fully saturated rings. The number of rotatable bonds is 11. The first kappa shape index (κ1) is 46.3. The number of para-hydroxylation sites is 1. The van der Waals surface area contributed by atoms with Crippen LogP contribution in [0.1, 0.15) is 103 Å². The number of ether oxygens (including phenoxy) is 2. The summed E-state index contributed by atoms with van der Waals surface area (Å²) in [4.78, 5) is 57.6. The molecule has 0 spiro atoms. The summed E-state index contributed by atoms with van der Waals surface area (Å²) in [7, 11) is 3.25. The molecule has 5 aliphatic rings. The number of carbonyl (C=O) groups is 4. The maximum Gasteiger partial charge on any atom is 0.329 e. The van der Waals surface area contributed by atoms with E-state index in [1.54, 1.807) is 11.8 Å². The predicted octanol–water partition coefficient (Wildman–Crippen LogP) is 7.40. The number of amides is 5. The lowest BCUT2D eigenvalue weighted by Crippen LogP contribution is -2.49. The van der Waals surface area contributed by atoms with Crippen molar-refractivity contribution in [3.8, 4) is 22.6 Å². The van der Waals surface area contributed by atoms with Crippen LogP contribution in [0, 0.1) is 24.5 Å². The van der Waals surface area contributed by atoms with E-state index in [-0.39, 0.29) is 63.9 Å². The monoisotopic (exact) mass is 942 g/mol. The van der Waals surface area contributed by atoms with E-state index in [4.69, 9.17) is 20.3 Å². The number of anilines is 1. The molecule has 0 bridgehead atoms. The molecule has 0 radical (unpaired) electrons. The van der Waals surface area contributed by atoms with Crippen molar-refractivity contribution in [2.45, 2.75) is 94.7 Å². The number of piperidine rings is 1. The Bertz CT molecular complexity index is 2840. The van der Waals surface area contributed by atoms with Crippen molar-refractivity contribution in [1.29, 1.82) is 0 Å². The lowest BCUT2D eigenvalue weighted by Gasteiger charge is -2.38. The maximum absolute atomic E-state index is 16.3. The molecule has 3 atom stereocenters. The highest BCUT2D eigenvalue weighted by Gasteiger charge is 2.50. The molecule has 10 rings (SSSR count). The SMILES string of the molecule is COc1ccc(C(N)=O)c(-c2c(C)c(F)cc3c2[C@H](C)[C@@](CNC2CCC(C(=O)N4CCC(N5CCC(c6cccc7c(N8CCC(=O)NC8=O)nn(C)c67)CC5)C4)CC2)(c2ccccc2)O3)c1F. The lowest BCUT2D eigenvalue weighted by atomic mass is 9.76. The van der Waals surface area contributed by atoms with Gasteiger partial charge in [-0.1, -0.05) is 49.4 Å². The van der Waals surface area contributed by atoms with Crippen LogP contribution in [0.4, 0.5) is 19.4 Å². The van der Waals surface area contributed by atoms with Gasteiger partial charge in [-0.3, -0.25) is 34.2 Å². The van der Waals surface area contributed by atoms with Gasteiger partial charge in [0.25, 0.3) is 0 Å². The van der Waals surface area contributed by atoms with Gasteiger partial charge >= 0.3 is 6.03 Å². The second-order valence-corrected chi connectivity index (χ2v) is 19.6. The number of nitrogens with one attached hydrogen (secondary N) is 2. The molecular formula is C53H60F2N8O6. The average molecular weight is 943 g/mol. The van der Waals surface area contributed by atoms with Crippen LogP contribution in [0.25, 0.3) is 22.0 Å². The fourth-order valence-electron chi connectivity index (χ4n) is 12.1. The lowest BCUT2D eigenvalue weighted by molar-refractivity contribution is -0.135. The van der Waals surface area contributed by atoms with Crippen molar-refractivity contribution in [2.75, 3.05) is 51.3 Å². The summed E-state index contributed by atoms with van der Waals surface area (Å²) in [6.45, 7) is 7.59. The Balaban J connectivity index is 0.774. The molecule has 4 aliphatic heterocycles. The third-order valence-corrected chi connectivity index (χ3v) is 15.9. The number of nitrogens with two attached hydrogens (primary N) is 1. The first-order valence-electron chi connectivity index (χ1n) is 24.3. The van der Waals surface area contributed by atoms with Crippen molar-refractivity contribution in [1.82, 2.24) is 30.2 Å². The quantitative estimate of drug-likeness (QED) is 0.122. The fourth-order valence-corrected chi connectivity index (χ4v) is 12.1. The zero-order chi connectivity index (χ0) is 48.3. The Kier molecular flexibility index (Phi) is 12.4. The molecule has 4 aromatic carbocycles. The molecule has 5 aromatic rings. The molecular weight excluding hydrogens is 883 g/mol. The van der Waals surface area contributed by atoms with E-state index in [0.29, 0.717) is 36.4 Å². The molecule has 14 nitrogen and oxygen atoms in total. The van der Waals surface area contributed by atoms with Gasteiger partial charge in [0.1, 0.15) is 11.6 Å². The number of methoxy groups -OCH3 is 1. The first-order chi connectivity index (χ1) is 33.3. The number of imide groups is 1. The molecule has 1 unspecified atom stereocenters. The van der Waals surface area contributed by atoms with Crippen molar-refractivity contribution in [3.63, 3.8) is 0 Å². The van der Waals surface area contributed by atoms with Crippen LogP contribution in [-0.4, -0.2) is 102 Å². The smallest absolute Gasteiger partial charge is 0.329 e. The van der Waals surface area contributed by atoms with Crippen LogP contribution in [0.3, 0.4) is 0 Å². The summed E-state index contributed by atoms with van der Waals surface area (Å²) in [6.07, 6.45) is 6.29. The second-order valence-electron chi connectivity index (χ2n) is 19.6. The maximum atomic E-state index is 16.3. The summed E-state index contributed by atoms with van der Waals surface area (Å²) in [5.41, 5.74) is 8.68. The number of primary amides is 1. The number of urea groups is 1. The van der Waals surface area contributed by atoms with Crippen molar-refractivity contribution < 1.29 is 37.4 Å². The third kappa shape index (κ3) is 8.18. The second kappa shape index (κ2) is 18.5. The molecule has 362 valence electrons. The molecule has 1 aliphatic carbocycles. The van der Waals surface area contributed by atoms with Gasteiger partial charge in [-0.15, -0.1) is 0 Å². The Morgan fingerprint density at radius 2 is 1.70 bits per heavy atom. The molecule has 5 heterocycles. The summed E-state index contributed by atoms with van der Waals surface area (Å²) >= 11 is 0. The van der Waals surface area contributed by atoms with Crippen LogP contribution < -0.4 is 30.7 Å². The van der Waals surface area contributed by atoms with Gasteiger partial charge in [-0.2, -0.15) is 5.10 Å². The molecule has 69 heavy (non-hydrogen) atoms. The van der Waals surface area contributed by atoms with E-state index in [2.05, 4.69) is 26.5 Å². The number of hydrogen-bond acceptors (Lipinski definition) is 9. The molecule has 5 amide bonds. The van der Waals surface area contributed by atoms with Gasteiger partial charge in [0, 0.05) is 86.1 Å². The van der Waals surface area contributed by atoms with E-state index in [0.717, 1.165) is 87.6 Å². The summed E-state index contributed by atoms with van der Waals surface area (Å²) in [6, 6.07) is 20.1. The van der Waals surface area contributed by atoms with Crippen LogP contribution in [0.5, 0.6) is 11.5 Å². The number of benzene rings is 4. The van der Waals surface area contributed by atoms with Gasteiger partial charge < -0.3 is 25.4 Å². The molecule has 1 saturated carbocycles. The standard InChI is InChI=1S/C53H60F2N8O6/c1-30-40(54)27-42-45(44(30)46-38(49(56)65)17-18-41(68-4)47(46)55)31(2)53(69-42,34-9-6-5-7-10-34)29-57-35-15-13-33(14-16-35)51(66)62-25-21-36(28-62)61-23-19-32(20-24-61)37-11-8-12-39-48(37)60(3)59-50(39)63-26-22-43(64)58-52(63)67/h5-12,17-18,27,31-33,35-36,57H,13-16,19-26,28-29H2,1-4H3,(H2,56,65)(H,58,64,67)/t31-,33?,35?,36?,53-/m0/s1. The number of hydrogen-bond donors (Lipinski definition) is 3. The number of likely N-dealkylation sites (tertiary alicyclic amines) is 2. The van der Waals surface area contributed by atoms with Gasteiger partial charge in [0.2, 0.25) is 17.7 Å². The topological polar surface area (TPSA) is 164 Å². The zero-order valence-electron chi connectivity index (χ0n) is 39.7. The number of nitrogens with zero attached hydrogens (tertiary/aromatic N) is 5. The van der Waals surface area contributed by atoms with E-state index < -0.39 is 35.1 Å². The first-order valence-corrected chi connectivity index (χ1v) is 24.3. The highest BCUT2D eigenvalue weighted by atomic mass is 19.1. The number of carbonyl (C=O) groups excluding carboxylic acids is 4. The fraction of sp³-hybridized carbons (Fsp3) is 0.453. The van der Waals surface area contributed by atoms with E-state index in [1.807, 2.05) is 61.1 Å². The number of fused-ring (bicyclic) bond motifs is 2. The van der Waals surface area contributed by atoms with Crippen LogP contribution >= 0.6 is 0 Å². The van der Waals surface area contributed by atoms with Crippen molar-refractivity contribution in [3.05, 3.63) is 106 Å². The van der Waals surface area contributed by atoms with Crippen LogP contribution in [0.2, 0.25) is 0 Å². The molecule has 16 heteroatoms. The average Bonchev–Trinajstić information content (AvgIpc) is 4.06. The highest BCUT2D eigenvalue weighted by molar-refractivity contribution is 6.09. The summed E-state index contributed by atoms with van der Waals surface area (Å²) in [5.74, 6) is -1.66. The zero-order valence-corrected chi connectivity index (χ0v) is 39.7. The molecule has 3 saturated heterocycles. The molecule has 4 N–H and O–H groups in total. The Labute approximate surface area is 400 Å². The van der Waals surface area contributed by atoms with Crippen molar-refractivity contribution in [2.24, 2.45) is 18.7 Å². The van der Waals surface area contributed by atoms with E-state index in [1.165, 1.54) is 30.9 Å². The predicted molar refractivity (Wildman–Crippen MR) is 257 cm³/mol. The Hall–Kier alpha value is -6.39. The minimum atomic E-state index is -1.02. The normalized spacial score (nSPS) is 24.4. The third-order valence-electron chi connectivity index (χ3n) is 15.9. The van der Waals surface area contributed by atoms with E-state index in [9.17, 15) is 19.2 Å². The molecule has 1 aromatic heterocycles. The highest BCUT2D eigenvalue weighted by Crippen LogP contribution is 2.56. The van der Waals surface area contributed by atoms with Crippen LogP contribution in [0.15, 0.2) is 66.7 Å². The van der Waals surface area contributed by atoms with Gasteiger partial charge in [-0.25, -0.2) is 13.6 Å². The summed E-state index contributed by atoms with van der Waals surface area (Å²) in [5, 5.41) is 11.9. The van der Waals surface area contributed by atoms with Gasteiger partial charge in [-0.05, 0) is 111 Å². The summed E-state index contributed by atoms with van der Waals surface area (Å²) < 4.78 is 46.3.